The van der Waals surface area contributed by atoms with Crippen LogP contribution in [0.2, 0.25) is 10.0 Å². The second-order valence-electron chi connectivity index (χ2n) is 4.97. The van der Waals surface area contributed by atoms with E-state index < -0.39 is 6.10 Å². The summed E-state index contributed by atoms with van der Waals surface area (Å²) in [5, 5.41) is 13.7. The molecular formula is C15H17Cl2NO2. The summed E-state index contributed by atoms with van der Waals surface area (Å²) in [4.78, 5) is 11.8. The molecule has 0 aromatic heterocycles. The Morgan fingerprint density at radius 3 is 2.75 bits per heavy atom. The second kappa shape index (κ2) is 7.11. The van der Waals surface area contributed by atoms with Crippen LogP contribution in [0.25, 0.3) is 6.08 Å². The van der Waals surface area contributed by atoms with E-state index in [2.05, 4.69) is 5.32 Å². The first-order valence-corrected chi connectivity index (χ1v) is 7.43. The van der Waals surface area contributed by atoms with Gasteiger partial charge in [0.25, 0.3) is 0 Å². The zero-order chi connectivity index (χ0) is 14.5. The lowest BCUT2D eigenvalue weighted by atomic mass is 9.92. The van der Waals surface area contributed by atoms with E-state index in [1.54, 1.807) is 24.3 Å². The summed E-state index contributed by atoms with van der Waals surface area (Å²) in [6.45, 7) is 0. The van der Waals surface area contributed by atoms with Gasteiger partial charge in [0.1, 0.15) is 0 Å². The third kappa shape index (κ3) is 4.23. The Balaban J connectivity index is 1.95. The first-order valence-electron chi connectivity index (χ1n) is 6.68. The Kier molecular flexibility index (Phi) is 5.46. The monoisotopic (exact) mass is 313 g/mol. The fourth-order valence-corrected chi connectivity index (χ4v) is 2.78. The van der Waals surface area contributed by atoms with E-state index in [0.717, 1.165) is 31.2 Å². The lowest BCUT2D eigenvalue weighted by Gasteiger charge is -2.27. The molecule has 1 aliphatic carbocycles. The molecule has 2 atom stereocenters. The highest BCUT2D eigenvalue weighted by molar-refractivity contribution is 6.35. The maximum Gasteiger partial charge on any atom is 0.244 e. The van der Waals surface area contributed by atoms with E-state index in [4.69, 9.17) is 23.2 Å². The molecule has 0 aliphatic heterocycles. The molecule has 1 amide bonds. The molecule has 108 valence electrons. The molecule has 3 nitrogen and oxygen atoms in total. The van der Waals surface area contributed by atoms with Gasteiger partial charge in [0, 0.05) is 16.1 Å². The average molecular weight is 314 g/mol. The molecular weight excluding hydrogens is 297 g/mol. The number of carbonyl (C=O) groups is 1. The van der Waals surface area contributed by atoms with Crippen LogP contribution >= 0.6 is 23.2 Å². The zero-order valence-electron chi connectivity index (χ0n) is 11.0. The van der Waals surface area contributed by atoms with Gasteiger partial charge in [-0.2, -0.15) is 0 Å². The van der Waals surface area contributed by atoms with Crippen LogP contribution in [0.1, 0.15) is 31.2 Å². The summed E-state index contributed by atoms with van der Waals surface area (Å²) in [6, 6.07) is 4.95. The van der Waals surface area contributed by atoms with Gasteiger partial charge < -0.3 is 10.4 Å². The van der Waals surface area contributed by atoms with E-state index in [9.17, 15) is 9.90 Å². The van der Waals surface area contributed by atoms with Crippen LogP contribution in [0, 0.1) is 0 Å². The molecule has 0 saturated heterocycles. The molecule has 1 saturated carbocycles. The molecule has 1 aromatic carbocycles. The third-order valence-corrected chi connectivity index (χ3v) is 4.00. The summed E-state index contributed by atoms with van der Waals surface area (Å²) in [5.41, 5.74) is 0.732. The number of aliphatic hydroxyl groups excluding tert-OH is 1. The van der Waals surface area contributed by atoms with Gasteiger partial charge in [-0.25, -0.2) is 0 Å². The van der Waals surface area contributed by atoms with Gasteiger partial charge in [0.05, 0.1) is 12.1 Å². The summed E-state index contributed by atoms with van der Waals surface area (Å²) < 4.78 is 0. The number of hydrogen-bond acceptors (Lipinski definition) is 2. The first-order chi connectivity index (χ1) is 9.56. The Hall–Kier alpha value is -1.03. The smallest absolute Gasteiger partial charge is 0.244 e. The number of hydrogen-bond donors (Lipinski definition) is 2. The molecule has 5 heteroatoms. The maximum atomic E-state index is 11.8. The Labute approximate surface area is 128 Å². The minimum atomic E-state index is -0.444. The highest BCUT2D eigenvalue weighted by Gasteiger charge is 2.23. The van der Waals surface area contributed by atoms with Gasteiger partial charge in [-0.1, -0.05) is 42.1 Å². The number of carbonyl (C=O) groups excluding carboxylic acids is 1. The van der Waals surface area contributed by atoms with Crippen molar-refractivity contribution in [3.8, 4) is 0 Å². The number of amides is 1. The normalized spacial score (nSPS) is 22.9. The maximum absolute atomic E-state index is 11.8. The number of nitrogens with one attached hydrogen (secondary N) is 1. The van der Waals surface area contributed by atoms with Crippen LogP contribution in [0.4, 0.5) is 0 Å². The van der Waals surface area contributed by atoms with Crippen molar-refractivity contribution in [1.82, 2.24) is 5.32 Å². The van der Waals surface area contributed by atoms with Crippen LogP contribution in [-0.2, 0) is 4.79 Å². The second-order valence-corrected chi connectivity index (χ2v) is 5.81. The number of aliphatic hydroxyl groups is 1. The van der Waals surface area contributed by atoms with E-state index in [0.29, 0.717) is 10.0 Å². The van der Waals surface area contributed by atoms with E-state index in [1.807, 2.05) is 0 Å². The molecule has 1 aromatic rings. The van der Waals surface area contributed by atoms with Crippen LogP contribution in [-0.4, -0.2) is 23.2 Å². The molecule has 0 radical (unpaired) electrons. The minimum absolute atomic E-state index is 0.151. The van der Waals surface area contributed by atoms with E-state index in [-0.39, 0.29) is 11.9 Å². The molecule has 0 heterocycles. The average Bonchev–Trinajstić information content (AvgIpc) is 2.40. The number of rotatable bonds is 3. The fraction of sp³-hybridized carbons (Fsp3) is 0.400. The van der Waals surface area contributed by atoms with Crippen molar-refractivity contribution in [2.45, 2.75) is 37.8 Å². The topological polar surface area (TPSA) is 49.3 Å². The van der Waals surface area contributed by atoms with Gasteiger partial charge in [-0.3, -0.25) is 4.79 Å². The predicted molar refractivity (Wildman–Crippen MR) is 81.9 cm³/mol. The van der Waals surface area contributed by atoms with Crippen molar-refractivity contribution in [2.75, 3.05) is 0 Å². The highest BCUT2D eigenvalue weighted by atomic mass is 35.5. The van der Waals surface area contributed by atoms with Crippen molar-refractivity contribution in [3.63, 3.8) is 0 Å². The number of halogens is 2. The van der Waals surface area contributed by atoms with Crippen molar-refractivity contribution >= 4 is 35.2 Å². The summed E-state index contributed by atoms with van der Waals surface area (Å²) in [7, 11) is 0. The highest BCUT2D eigenvalue weighted by Crippen LogP contribution is 2.22. The van der Waals surface area contributed by atoms with Crippen molar-refractivity contribution < 1.29 is 9.90 Å². The molecule has 2 rings (SSSR count). The quantitative estimate of drug-likeness (QED) is 0.840. The largest absolute Gasteiger partial charge is 0.391 e. The molecule has 1 fully saturated rings. The van der Waals surface area contributed by atoms with Crippen LogP contribution in [0.3, 0.4) is 0 Å². The summed E-state index contributed by atoms with van der Waals surface area (Å²) in [6.07, 6.45) is 6.25. The molecule has 2 N–H and O–H groups in total. The summed E-state index contributed by atoms with van der Waals surface area (Å²) in [5.74, 6) is -0.220. The van der Waals surface area contributed by atoms with Gasteiger partial charge >= 0.3 is 0 Å². The minimum Gasteiger partial charge on any atom is -0.391 e. The van der Waals surface area contributed by atoms with Crippen LogP contribution < -0.4 is 5.32 Å². The molecule has 0 bridgehead atoms. The Morgan fingerprint density at radius 1 is 1.30 bits per heavy atom. The molecule has 0 unspecified atom stereocenters. The number of benzene rings is 1. The van der Waals surface area contributed by atoms with Crippen molar-refractivity contribution in [3.05, 3.63) is 39.9 Å². The fourth-order valence-electron chi connectivity index (χ4n) is 2.31. The standard InChI is InChI=1S/C15H17Cl2NO2/c16-11-7-5-10(12(17)9-11)6-8-15(20)18-13-3-1-2-4-14(13)19/h5-9,13-14,19H,1-4H2,(H,18,20)/b8-6+/t13-,14-/m1/s1. The van der Waals surface area contributed by atoms with Crippen LogP contribution in [0.5, 0.6) is 0 Å². The van der Waals surface area contributed by atoms with Crippen molar-refractivity contribution in [2.24, 2.45) is 0 Å². The van der Waals surface area contributed by atoms with Gasteiger partial charge in [-0.05, 0) is 36.6 Å². The van der Waals surface area contributed by atoms with Gasteiger partial charge in [-0.15, -0.1) is 0 Å². The molecule has 1 aliphatic rings. The summed E-state index contributed by atoms with van der Waals surface area (Å²) >= 11 is 11.8. The molecule has 20 heavy (non-hydrogen) atoms. The van der Waals surface area contributed by atoms with Gasteiger partial charge in [0.15, 0.2) is 0 Å². The lowest BCUT2D eigenvalue weighted by Crippen LogP contribution is -2.44. The van der Waals surface area contributed by atoms with Crippen molar-refractivity contribution in [1.29, 1.82) is 0 Å². The zero-order valence-corrected chi connectivity index (χ0v) is 12.5. The SMILES string of the molecule is O=C(/C=C/c1ccc(Cl)cc1Cl)N[C@@H]1CCCC[C@H]1O. The van der Waals surface area contributed by atoms with E-state index in [1.165, 1.54) is 6.08 Å². The van der Waals surface area contributed by atoms with Gasteiger partial charge in [0.2, 0.25) is 5.91 Å². The lowest BCUT2D eigenvalue weighted by molar-refractivity contribution is -0.118. The Morgan fingerprint density at radius 2 is 2.05 bits per heavy atom. The van der Waals surface area contributed by atoms with E-state index >= 15 is 0 Å². The Bertz CT molecular complexity index is 517. The third-order valence-electron chi connectivity index (χ3n) is 3.43. The van der Waals surface area contributed by atoms with Crippen LogP contribution in [0.15, 0.2) is 24.3 Å². The predicted octanol–water partition coefficient (Wildman–Crippen LogP) is 3.43. The first kappa shape index (κ1) is 15.4. The molecule has 0 spiro atoms.